The van der Waals surface area contributed by atoms with Gasteiger partial charge >= 0.3 is 0 Å². The highest BCUT2D eigenvalue weighted by Gasteiger charge is 2.14. The van der Waals surface area contributed by atoms with Gasteiger partial charge in [-0.2, -0.15) is 0 Å². The minimum atomic E-state index is -0.403. The molecule has 1 aromatic carbocycles. The maximum Gasteiger partial charge on any atom is 0.270 e. The van der Waals surface area contributed by atoms with Crippen LogP contribution in [0.5, 0.6) is 0 Å². The van der Waals surface area contributed by atoms with Gasteiger partial charge in [0, 0.05) is 23.2 Å². The Labute approximate surface area is 120 Å². The van der Waals surface area contributed by atoms with E-state index in [0.717, 1.165) is 18.0 Å². The second-order valence-corrected chi connectivity index (χ2v) is 5.75. The standard InChI is InChI=1S/C14H13N3O2S/c18-17(19)11-5-3-4-10(8-11)9-15-14-16-12-6-1-2-7-13(12)20-14/h3-5,8-9H,1-2,6-7H2. The number of nitro groups is 1. The molecule has 1 heterocycles. The predicted molar refractivity (Wildman–Crippen MR) is 79.1 cm³/mol. The molecule has 2 aromatic rings. The molecule has 0 saturated carbocycles. The van der Waals surface area contributed by atoms with Crippen LogP contribution in [-0.4, -0.2) is 16.1 Å². The first-order valence-corrected chi connectivity index (χ1v) is 7.31. The fraction of sp³-hybridized carbons (Fsp3) is 0.286. The molecule has 0 aliphatic heterocycles. The Balaban J connectivity index is 1.81. The van der Waals surface area contributed by atoms with Gasteiger partial charge in [0.05, 0.1) is 10.6 Å². The van der Waals surface area contributed by atoms with Crippen molar-refractivity contribution in [1.29, 1.82) is 0 Å². The number of nitro benzene ring substituents is 1. The summed E-state index contributed by atoms with van der Waals surface area (Å²) in [6.07, 6.45) is 6.20. The summed E-state index contributed by atoms with van der Waals surface area (Å²) in [7, 11) is 0. The van der Waals surface area contributed by atoms with E-state index in [0.29, 0.717) is 5.56 Å². The van der Waals surface area contributed by atoms with Crippen LogP contribution in [0.15, 0.2) is 29.3 Å². The van der Waals surface area contributed by atoms with Crippen molar-refractivity contribution in [3.8, 4) is 0 Å². The summed E-state index contributed by atoms with van der Waals surface area (Å²) in [5.74, 6) is 0. The van der Waals surface area contributed by atoms with Gasteiger partial charge in [0.2, 0.25) is 5.13 Å². The molecule has 102 valence electrons. The maximum atomic E-state index is 10.7. The average Bonchev–Trinajstić information content (AvgIpc) is 2.88. The van der Waals surface area contributed by atoms with E-state index in [1.807, 2.05) is 0 Å². The number of hydrogen-bond acceptors (Lipinski definition) is 5. The van der Waals surface area contributed by atoms with Crippen molar-refractivity contribution in [2.45, 2.75) is 25.7 Å². The summed E-state index contributed by atoms with van der Waals surface area (Å²) in [5, 5.41) is 11.5. The van der Waals surface area contributed by atoms with Gasteiger partial charge < -0.3 is 0 Å². The highest BCUT2D eigenvalue weighted by atomic mass is 32.1. The van der Waals surface area contributed by atoms with E-state index in [1.54, 1.807) is 29.7 Å². The predicted octanol–water partition coefficient (Wildman–Crippen LogP) is 3.68. The van der Waals surface area contributed by atoms with Gasteiger partial charge in [-0.25, -0.2) is 9.98 Å². The molecule has 5 nitrogen and oxygen atoms in total. The van der Waals surface area contributed by atoms with Gasteiger partial charge in [0.1, 0.15) is 0 Å². The molecule has 6 heteroatoms. The molecule has 0 unspecified atom stereocenters. The zero-order valence-electron chi connectivity index (χ0n) is 10.8. The molecular weight excluding hydrogens is 274 g/mol. The van der Waals surface area contributed by atoms with E-state index in [-0.39, 0.29) is 5.69 Å². The molecule has 0 atom stereocenters. The molecule has 0 N–H and O–H groups in total. The number of non-ortho nitro benzene ring substituents is 1. The number of fused-ring (bicyclic) bond motifs is 1. The first-order chi connectivity index (χ1) is 9.72. The van der Waals surface area contributed by atoms with Crippen LogP contribution in [0, 0.1) is 10.1 Å². The fourth-order valence-corrected chi connectivity index (χ4v) is 3.24. The SMILES string of the molecule is O=[N+]([O-])c1cccc(C=Nc2nc3c(s2)CCCC3)c1. The van der Waals surface area contributed by atoms with Crippen LogP contribution >= 0.6 is 11.3 Å². The third-order valence-electron chi connectivity index (χ3n) is 3.24. The molecule has 3 rings (SSSR count). The van der Waals surface area contributed by atoms with Crippen LogP contribution in [0.25, 0.3) is 0 Å². The van der Waals surface area contributed by atoms with Crippen molar-refractivity contribution in [3.63, 3.8) is 0 Å². The third kappa shape index (κ3) is 2.75. The summed E-state index contributed by atoms with van der Waals surface area (Å²) in [6, 6.07) is 6.44. The third-order valence-corrected chi connectivity index (χ3v) is 4.30. The van der Waals surface area contributed by atoms with Crippen molar-refractivity contribution < 1.29 is 4.92 Å². The average molecular weight is 287 g/mol. The van der Waals surface area contributed by atoms with Crippen molar-refractivity contribution in [3.05, 3.63) is 50.5 Å². The highest BCUT2D eigenvalue weighted by Crippen LogP contribution is 2.31. The van der Waals surface area contributed by atoms with Gasteiger partial charge in [-0.1, -0.05) is 23.5 Å². The van der Waals surface area contributed by atoms with Crippen molar-refractivity contribution >= 4 is 28.4 Å². The van der Waals surface area contributed by atoms with Gasteiger partial charge in [-0.15, -0.1) is 0 Å². The van der Waals surface area contributed by atoms with Gasteiger partial charge in [0.25, 0.3) is 5.69 Å². The second-order valence-electron chi connectivity index (χ2n) is 4.68. The van der Waals surface area contributed by atoms with E-state index >= 15 is 0 Å². The fourth-order valence-electron chi connectivity index (χ4n) is 2.24. The summed E-state index contributed by atoms with van der Waals surface area (Å²) in [4.78, 5) is 20.5. The first-order valence-electron chi connectivity index (χ1n) is 6.49. The van der Waals surface area contributed by atoms with E-state index in [2.05, 4.69) is 9.98 Å². The first kappa shape index (κ1) is 12.9. The Bertz CT molecular complexity index is 655. The number of rotatable bonds is 3. The maximum absolute atomic E-state index is 10.7. The van der Waals surface area contributed by atoms with Crippen molar-refractivity contribution in [1.82, 2.24) is 4.98 Å². The molecule has 0 radical (unpaired) electrons. The lowest BCUT2D eigenvalue weighted by Crippen LogP contribution is -1.98. The summed E-state index contributed by atoms with van der Waals surface area (Å²) >= 11 is 1.62. The van der Waals surface area contributed by atoms with Crippen LogP contribution in [0.1, 0.15) is 29.0 Å². The van der Waals surface area contributed by atoms with E-state index in [1.165, 1.54) is 35.5 Å². The lowest BCUT2D eigenvalue weighted by atomic mass is 10.0. The van der Waals surface area contributed by atoms with Gasteiger partial charge in [-0.05, 0) is 31.2 Å². The van der Waals surface area contributed by atoms with Crippen LogP contribution in [-0.2, 0) is 12.8 Å². The number of aryl methyl sites for hydroxylation is 2. The number of aliphatic imine (C=N–C) groups is 1. The Kier molecular flexibility index (Phi) is 3.56. The smallest absolute Gasteiger partial charge is 0.258 e. The quantitative estimate of drug-likeness (QED) is 0.491. The van der Waals surface area contributed by atoms with E-state index in [4.69, 9.17) is 0 Å². The molecule has 20 heavy (non-hydrogen) atoms. The minimum absolute atomic E-state index is 0.0763. The highest BCUT2D eigenvalue weighted by molar-refractivity contribution is 7.15. The molecule has 1 aromatic heterocycles. The van der Waals surface area contributed by atoms with E-state index in [9.17, 15) is 10.1 Å². The number of hydrogen-bond donors (Lipinski definition) is 0. The van der Waals surface area contributed by atoms with Crippen LogP contribution in [0.4, 0.5) is 10.8 Å². The lowest BCUT2D eigenvalue weighted by molar-refractivity contribution is -0.384. The normalized spacial score (nSPS) is 14.4. The number of benzene rings is 1. The summed E-state index contributed by atoms with van der Waals surface area (Å²) < 4.78 is 0. The topological polar surface area (TPSA) is 68.4 Å². The molecule has 1 aliphatic carbocycles. The molecular formula is C14H13N3O2S. The van der Waals surface area contributed by atoms with Crippen LogP contribution in [0.2, 0.25) is 0 Å². The van der Waals surface area contributed by atoms with Gasteiger partial charge in [0.15, 0.2) is 0 Å². The zero-order valence-corrected chi connectivity index (χ0v) is 11.6. The van der Waals surface area contributed by atoms with E-state index < -0.39 is 4.92 Å². The van der Waals surface area contributed by atoms with Crippen LogP contribution < -0.4 is 0 Å². The molecule has 1 aliphatic rings. The van der Waals surface area contributed by atoms with Crippen molar-refractivity contribution in [2.24, 2.45) is 4.99 Å². The van der Waals surface area contributed by atoms with Crippen molar-refractivity contribution in [2.75, 3.05) is 0 Å². The Morgan fingerprint density at radius 2 is 2.20 bits per heavy atom. The Morgan fingerprint density at radius 1 is 1.35 bits per heavy atom. The molecule has 0 amide bonds. The minimum Gasteiger partial charge on any atom is -0.258 e. The molecule has 0 fully saturated rings. The number of aromatic nitrogens is 1. The largest absolute Gasteiger partial charge is 0.270 e. The number of nitrogens with zero attached hydrogens (tertiary/aromatic N) is 3. The summed E-state index contributed by atoms with van der Waals surface area (Å²) in [6.45, 7) is 0. The second kappa shape index (κ2) is 5.50. The number of thiazole rings is 1. The Morgan fingerprint density at radius 3 is 3.00 bits per heavy atom. The zero-order chi connectivity index (χ0) is 13.9. The monoisotopic (exact) mass is 287 g/mol. The molecule has 0 bridgehead atoms. The van der Waals surface area contributed by atoms with Crippen LogP contribution in [0.3, 0.4) is 0 Å². The molecule has 0 saturated heterocycles. The Hall–Kier alpha value is -2.08. The lowest BCUT2D eigenvalue weighted by Gasteiger charge is -2.06. The summed E-state index contributed by atoms with van der Waals surface area (Å²) in [5.41, 5.74) is 1.96. The molecule has 0 spiro atoms. The van der Waals surface area contributed by atoms with Gasteiger partial charge in [-0.3, -0.25) is 10.1 Å².